The molecular formula is C40H55N9O16. The second-order valence-electron chi connectivity index (χ2n) is 15.3. The fraction of sp³-hybridized carbons (Fsp3) is 0.525. The quantitative estimate of drug-likeness (QED) is 0.0352. The number of rotatable bonds is 24. The Morgan fingerprint density at radius 2 is 1.18 bits per heavy atom. The van der Waals surface area contributed by atoms with E-state index in [0.717, 1.165) is 17.1 Å². The molecule has 356 valence electrons. The van der Waals surface area contributed by atoms with Crippen molar-refractivity contribution in [2.75, 3.05) is 85.1 Å². The molecule has 1 aromatic rings. The Kier molecular flexibility index (Phi) is 21.1. The van der Waals surface area contributed by atoms with E-state index in [0.29, 0.717) is 5.56 Å². The Balaban J connectivity index is 1.69. The molecular weight excluding hydrogens is 862 g/mol. The van der Waals surface area contributed by atoms with Gasteiger partial charge in [0, 0.05) is 76.6 Å². The van der Waals surface area contributed by atoms with Gasteiger partial charge in [0.25, 0.3) is 17.7 Å². The van der Waals surface area contributed by atoms with E-state index in [1.54, 1.807) is 25.7 Å². The lowest BCUT2D eigenvalue weighted by atomic mass is 10.0. The van der Waals surface area contributed by atoms with Crippen LogP contribution in [0, 0.1) is 0 Å². The van der Waals surface area contributed by atoms with Crippen LogP contribution >= 0.6 is 0 Å². The van der Waals surface area contributed by atoms with Crippen molar-refractivity contribution in [3.8, 4) is 0 Å². The highest BCUT2D eigenvalue weighted by Crippen LogP contribution is 2.14. The predicted octanol–water partition coefficient (Wildman–Crippen LogP) is -4.09. The standard InChI is InChI=1S/C40H55N9O16/c41-37(61)29(48-16-14-46(23-35(57)58)12-10-45(22-34(55)56)11-13-47(15-17-48)24-36(59)60)19-25-4-3-5-26(18-25)38(62)44-28(20-33(53)54)39(63)42-21-30(50)43-27(40(64)65)6-1-2-9-49-31(51)7-8-32(49)52/h3-5,7-8,18,27-29H,1-2,6,9-17,19-24H2,(H2,41,61)(H,42,63)(H,43,50)(H,44,62)(H,53,54)(H,55,56)(H,57,58)(H,59,60)(H,64,65)/t27-,28-,29?/m0/s1. The molecule has 0 saturated carbocycles. The summed E-state index contributed by atoms with van der Waals surface area (Å²) in [5.41, 5.74) is 6.22. The molecule has 25 heteroatoms. The van der Waals surface area contributed by atoms with Crippen molar-refractivity contribution >= 4 is 65.3 Å². The summed E-state index contributed by atoms with van der Waals surface area (Å²) in [6.45, 7) is -0.964. The predicted molar refractivity (Wildman–Crippen MR) is 223 cm³/mol. The number of aliphatic carboxylic acids is 5. The number of nitrogens with two attached hydrogens (primary N) is 1. The van der Waals surface area contributed by atoms with Crippen LogP contribution in [0.3, 0.4) is 0 Å². The molecule has 25 nitrogen and oxygen atoms in total. The Bertz CT molecular complexity index is 1930. The number of carbonyl (C=O) groups excluding carboxylic acids is 6. The van der Waals surface area contributed by atoms with Crippen molar-refractivity contribution in [3.05, 3.63) is 47.5 Å². The van der Waals surface area contributed by atoms with Crippen molar-refractivity contribution in [1.82, 2.24) is 40.4 Å². The SMILES string of the molecule is NC(=O)C(Cc1cccc(C(=O)N[C@@H](CC(=O)O)C(=O)NCC(=O)N[C@@H](CCCCN2C(=O)C=CC2=O)C(=O)O)c1)N1CCN(CC(=O)O)CCN(CC(=O)O)CCN(CC(=O)O)CC1. The van der Waals surface area contributed by atoms with Crippen molar-refractivity contribution in [3.63, 3.8) is 0 Å². The van der Waals surface area contributed by atoms with Crippen LogP contribution in [0.2, 0.25) is 0 Å². The van der Waals surface area contributed by atoms with E-state index in [-0.39, 0.29) is 96.7 Å². The number of primary amides is 1. The van der Waals surface area contributed by atoms with Gasteiger partial charge in [-0.25, -0.2) is 4.79 Å². The molecule has 1 fully saturated rings. The number of amides is 6. The number of carboxylic acid groups (broad SMARTS) is 5. The lowest BCUT2D eigenvalue weighted by Gasteiger charge is -2.35. The largest absolute Gasteiger partial charge is 0.481 e. The number of benzene rings is 1. The van der Waals surface area contributed by atoms with Gasteiger partial charge < -0.3 is 47.2 Å². The number of hydrogen-bond acceptors (Lipinski definition) is 15. The number of imide groups is 1. The number of nitrogens with zero attached hydrogens (tertiary/aromatic N) is 5. The Morgan fingerprint density at radius 3 is 1.66 bits per heavy atom. The van der Waals surface area contributed by atoms with Crippen LogP contribution in [0.4, 0.5) is 0 Å². The first kappa shape index (κ1) is 52.5. The first-order valence-electron chi connectivity index (χ1n) is 20.5. The fourth-order valence-electron chi connectivity index (χ4n) is 7.07. The third-order valence-electron chi connectivity index (χ3n) is 10.4. The molecule has 0 spiro atoms. The Hall–Kier alpha value is -6.83. The van der Waals surface area contributed by atoms with E-state index in [1.807, 2.05) is 0 Å². The molecule has 0 bridgehead atoms. The number of unbranched alkanes of at least 4 members (excludes halogenated alkanes) is 1. The minimum absolute atomic E-state index is 0.0433. The topological polar surface area (TPSA) is 367 Å². The summed E-state index contributed by atoms with van der Waals surface area (Å²) in [6, 6.07) is 1.58. The zero-order chi connectivity index (χ0) is 48.2. The molecule has 0 aliphatic carbocycles. The third kappa shape index (κ3) is 18.8. The van der Waals surface area contributed by atoms with Crippen molar-refractivity contribution in [2.24, 2.45) is 5.73 Å². The summed E-state index contributed by atoms with van der Waals surface area (Å²) in [5.74, 6) is -11.0. The summed E-state index contributed by atoms with van der Waals surface area (Å²) >= 11 is 0. The van der Waals surface area contributed by atoms with Crippen molar-refractivity contribution < 1.29 is 78.3 Å². The van der Waals surface area contributed by atoms with Crippen LogP contribution < -0.4 is 21.7 Å². The maximum Gasteiger partial charge on any atom is 0.326 e. The third-order valence-corrected chi connectivity index (χ3v) is 10.4. The average Bonchev–Trinajstić information content (AvgIpc) is 3.54. The average molecular weight is 918 g/mol. The molecule has 65 heavy (non-hydrogen) atoms. The number of carbonyl (C=O) groups is 11. The van der Waals surface area contributed by atoms with Gasteiger partial charge in [-0.1, -0.05) is 12.1 Å². The highest BCUT2D eigenvalue weighted by atomic mass is 16.4. The van der Waals surface area contributed by atoms with Gasteiger partial charge in [0.1, 0.15) is 12.1 Å². The van der Waals surface area contributed by atoms with Crippen LogP contribution in [0.25, 0.3) is 0 Å². The number of carboxylic acids is 5. The zero-order valence-electron chi connectivity index (χ0n) is 35.5. The summed E-state index contributed by atoms with van der Waals surface area (Å²) in [6.07, 6.45) is 1.59. The molecule has 10 N–H and O–H groups in total. The van der Waals surface area contributed by atoms with Gasteiger partial charge in [-0.3, -0.25) is 72.4 Å². The highest BCUT2D eigenvalue weighted by Gasteiger charge is 2.30. The summed E-state index contributed by atoms with van der Waals surface area (Å²) in [5, 5.41) is 54.4. The molecule has 0 radical (unpaired) electrons. The lowest BCUT2D eigenvalue weighted by Crippen LogP contribution is -2.53. The van der Waals surface area contributed by atoms with E-state index in [4.69, 9.17) is 5.73 Å². The van der Waals surface area contributed by atoms with E-state index < -0.39 is 109 Å². The van der Waals surface area contributed by atoms with Crippen LogP contribution in [0.5, 0.6) is 0 Å². The molecule has 2 heterocycles. The van der Waals surface area contributed by atoms with Crippen LogP contribution in [-0.2, 0) is 54.4 Å². The maximum absolute atomic E-state index is 13.4. The minimum atomic E-state index is -1.71. The zero-order valence-corrected chi connectivity index (χ0v) is 35.5. The minimum Gasteiger partial charge on any atom is -0.481 e. The van der Waals surface area contributed by atoms with Crippen molar-refractivity contribution in [1.29, 1.82) is 0 Å². The van der Waals surface area contributed by atoms with Gasteiger partial charge in [-0.05, 0) is 43.4 Å². The van der Waals surface area contributed by atoms with Gasteiger partial charge in [-0.2, -0.15) is 0 Å². The fourth-order valence-corrected chi connectivity index (χ4v) is 7.07. The first-order valence-corrected chi connectivity index (χ1v) is 20.5. The molecule has 0 aromatic heterocycles. The van der Waals surface area contributed by atoms with E-state index in [9.17, 15) is 78.3 Å². The van der Waals surface area contributed by atoms with Crippen LogP contribution in [0.1, 0.15) is 41.6 Å². The molecule has 3 rings (SSSR count). The molecule has 3 atom stereocenters. The maximum atomic E-state index is 13.4. The lowest BCUT2D eigenvalue weighted by molar-refractivity contribution is -0.142. The highest BCUT2D eigenvalue weighted by molar-refractivity contribution is 6.12. The summed E-state index contributed by atoms with van der Waals surface area (Å²) in [7, 11) is 0. The van der Waals surface area contributed by atoms with E-state index in [1.165, 1.54) is 18.2 Å². The van der Waals surface area contributed by atoms with Crippen LogP contribution in [0.15, 0.2) is 36.4 Å². The smallest absolute Gasteiger partial charge is 0.326 e. The van der Waals surface area contributed by atoms with Gasteiger partial charge >= 0.3 is 29.8 Å². The molecule has 1 unspecified atom stereocenters. The van der Waals surface area contributed by atoms with E-state index >= 15 is 0 Å². The summed E-state index contributed by atoms with van der Waals surface area (Å²) in [4.78, 5) is 141. The number of hydrogen-bond donors (Lipinski definition) is 9. The van der Waals surface area contributed by atoms with Gasteiger partial charge in [0.05, 0.1) is 38.6 Å². The van der Waals surface area contributed by atoms with Gasteiger partial charge in [0.15, 0.2) is 0 Å². The summed E-state index contributed by atoms with van der Waals surface area (Å²) < 4.78 is 0. The second-order valence-corrected chi connectivity index (χ2v) is 15.3. The second kappa shape index (κ2) is 26.1. The molecule has 2 aliphatic heterocycles. The molecule has 6 amide bonds. The molecule has 1 aromatic carbocycles. The van der Waals surface area contributed by atoms with Gasteiger partial charge in [-0.15, -0.1) is 0 Å². The molecule has 2 aliphatic rings. The van der Waals surface area contributed by atoms with E-state index in [2.05, 4.69) is 16.0 Å². The van der Waals surface area contributed by atoms with Gasteiger partial charge in [0.2, 0.25) is 17.7 Å². The van der Waals surface area contributed by atoms with Crippen LogP contribution in [-0.4, -0.2) is 219 Å². The number of nitrogens with one attached hydrogen (secondary N) is 3. The Morgan fingerprint density at radius 1 is 0.662 bits per heavy atom. The molecule has 1 saturated heterocycles. The normalized spacial score (nSPS) is 17.2. The van der Waals surface area contributed by atoms with Crippen molar-refractivity contribution in [2.45, 2.75) is 50.2 Å². The Labute approximate surface area is 372 Å². The monoisotopic (exact) mass is 917 g/mol. The first-order chi connectivity index (χ1) is 30.7.